The second-order valence-corrected chi connectivity index (χ2v) is 25.2. The SMILES string of the molecule is CCCCCCCCC(O[Si](CC)(CC)CC)C(O[Si](CC)(CC)CC)(O[Si](CC)(CC)CC)C(=O)O. The fourth-order valence-corrected chi connectivity index (χ4v) is 14.3. The van der Waals surface area contributed by atoms with Gasteiger partial charge in [0.05, 0.1) is 0 Å². The van der Waals surface area contributed by atoms with Gasteiger partial charge in [0.15, 0.2) is 25.0 Å². The van der Waals surface area contributed by atoms with Crippen LogP contribution in [0.5, 0.6) is 0 Å². The third-order valence-corrected chi connectivity index (χ3v) is 23.3. The molecule has 0 rings (SSSR count). The molecule has 0 aromatic carbocycles. The minimum Gasteiger partial charge on any atom is -0.477 e. The van der Waals surface area contributed by atoms with Gasteiger partial charge in [-0.3, -0.25) is 0 Å². The molecule has 0 aliphatic rings. The Morgan fingerprint density at radius 3 is 1.27 bits per heavy atom. The minimum absolute atomic E-state index is 0.559. The van der Waals surface area contributed by atoms with E-state index < -0.39 is 42.8 Å². The Labute approximate surface area is 234 Å². The number of hydrogen-bond donors (Lipinski definition) is 1. The van der Waals surface area contributed by atoms with Crippen molar-refractivity contribution in [1.29, 1.82) is 0 Å². The van der Waals surface area contributed by atoms with E-state index in [1.54, 1.807) is 0 Å². The van der Waals surface area contributed by atoms with Gasteiger partial charge < -0.3 is 18.4 Å². The summed E-state index contributed by atoms with van der Waals surface area (Å²) >= 11 is 0. The molecule has 0 amide bonds. The summed E-state index contributed by atoms with van der Waals surface area (Å²) < 4.78 is 21.3. The molecule has 0 aromatic heterocycles. The lowest BCUT2D eigenvalue weighted by molar-refractivity contribution is -0.219. The molecule has 0 fully saturated rings. The topological polar surface area (TPSA) is 65.0 Å². The lowest BCUT2D eigenvalue weighted by Gasteiger charge is -2.49. The molecule has 0 aliphatic heterocycles. The van der Waals surface area contributed by atoms with E-state index in [1.807, 2.05) is 0 Å². The lowest BCUT2D eigenvalue weighted by Crippen LogP contribution is -2.66. The van der Waals surface area contributed by atoms with Crippen molar-refractivity contribution >= 4 is 30.9 Å². The third kappa shape index (κ3) is 10.2. The Morgan fingerprint density at radius 2 is 0.946 bits per heavy atom. The number of hydrogen-bond acceptors (Lipinski definition) is 4. The molecule has 1 unspecified atom stereocenters. The van der Waals surface area contributed by atoms with Gasteiger partial charge in [0.2, 0.25) is 0 Å². The molecular formula is C29H64O5Si3. The summed E-state index contributed by atoms with van der Waals surface area (Å²) in [5.74, 6) is -2.67. The van der Waals surface area contributed by atoms with Gasteiger partial charge >= 0.3 is 5.97 Å². The van der Waals surface area contributed by atoms with Crippen LogP contribution in [-0.4, -0.2) is 47.9 Å². The predicted molar refractivity (Wildman–Crippen MR) is 167 cm³/mol. The van der Waals surface area contributed by atoms with E-state index in [1.165, 1.54) is 25.7 Å². The molecule has 5 nitrogen and oxygen atoms in total. The number of carbonyl (C=O) groups is 1. The fraction of sp³-hybridized carbons (Fsp3) is 0.966. The van der Waals surface area contributed by atoms with Gasteiger partial charge in [-0.15, -0.1) is 0 Å². The summed E-state index contributed by atoms with van der Waals surface area (Å²) in [5.41, 5.74) is 0. The van der Waals surface area contributed by atoms with E-state index in [0.29, 0.717) is 6.42 Å². The molecule has 37 heavy (non-hydrogen) atoms. The molecule has 0 saturated carbocycles. The van der Waals surface area contributed by atoms with Gasteiger partial charge in [0.25, 0.3) is 5.79 Å². The number of carboxylic acid groups (broad SMARTS) is 1. The zero-order chi connectivity index (χ0) is 28.6. The largest absolute Gasteiger partial charge is 0.477 e. The van der Waals surface area contributed by atoms with Gasteiger partial charge in [-0.05, 0) is 60.8 Å². The Balaban J connectivity index is 6.86. The zero-order valence-electron chi connectivity index (χ0n) is 26.5. The lowest BCUT2D eigenvalue weighted by atomic mass is 10.0. The highest BCUT2D eigenvalue weighted by atomic mass is 28.4. The summed E-state index contributed by atoms with van der Waals surface area (Å²) in [6, 6.07) is 8.28. The van der Waals surface area contributed by atoms with E-state index in [4.69, 9.17) is 13.3 Å². The van der Waals surface area contributed by atoms with Crippen molar-refractivity contribution in [2.75, 3.05) is 0 Å². The van der Waals surface area contributed by atoms with Crippen LogP contribution in [-0.2, 0) is 18.1 Å². The molecule has 1 atom stereocenters. The fourth-order valence-electron chi connectivity index (χ4n) is 5.69. The first-order chi connectivity index (χ1) is 17.6. The van der Waals surface area contributed by atoms with Crippen molar-refractivity contribution in [2.24, 2.45) is 0 Å². The van der Waals surface area contributed by atoms with Crippen LogP contribution in [0.15, 0.2) is 0 Å². The van der Waals surface area contributed by atoms with Crippen molar-refractivity contribution in [3.8, 4) is 0 Å². The van der Waals surface area contributed by atoms with Crippen molar-refractivity contribution in [1.82, 2.24) is 0 Å². The summed E-state index contributed by atoms with van der Waals surface area (Å²) in [6.07, 6.45) is 7.11. The van der Waals surface area contributed by atoms with Crippen LogP contribution >= 0.6 is 0 Å². The molecule has 0 spiro atoms. The summed E-state index contributed by atoms with van der Waals surface area (Å²) in [4.78, 5) is 13.6. The van der Waals surface area contributed by atoms with Crippen LogP contribution in [0.1, 0.15) is 114 Å². The number of aliphatic carboxylic acids is 1. The maximum Gasteiger partial charge on any atom is 0.365 e. The third-order valence-electron chi connectivity index (χ3n) is 9.47. The highest BCUT2D eigenvalue weighted by Crippen LogP contribution is 2.41. The summed E-state index contributed by atoms with van der Waals surface area (Å²) in [6.45, 7) is 21.9. The number of carboxylic acids is 1. The summed E-state index contributed by atoms with van der Waals surface area (Å²) in [7, 11) is -6.79. The van der Waals surface area contributed by atoms with Gasteiger partial charge in [-0.25, -0.2) is 4.79 Å². The van der Waals surface area contributed by atoms with Gasteiger partial charge in [0, 0.05) is 0 Å². The van der Waals surface area contributed by atoms with E-state index in [9.17, 15) is 9.90 Å². The first-order valence-electron chi connectivity index (χ1n) is 15.9. The van der Waals surface area contributed by atoms with Crippen molar-refractivity contribution in [3.63, 3.8) is 0 Å². The average Bonchev–Trinajstić information content (AvgIpc) is 2.93. The maximum absolute atomic E-state index is 13.6. The molecule has 0 heterocycles. The first kappa shape index (κ1) is 37.0. The predicted octanol–water partition coefficient (Wildman–Crippen LogP) is 9.95. The number of unbranched alkanes of at least 4 members (excludes halogenated alkanes) is 5. The quantitative estimate of drug-likeness (QED) is 0.0703. The van der Waals surface area contributed by atoms with E-state index >= 15 is 0 Å². The highest BCUT2D eigenvalue weighted by molar-refractivity contribution is 6.75. The van der Waals surface area contributed by atoms with Crippen LogP contribution in [0.2, 0.25) is 54.4 Å². The second-order valence-electron chi connectivity index (χ2n) is 11.1. The highest BCUT2D eigenvalue weighted by Gasteiger charge is 2.58. The number of rotatable bonds is 24. The second kappa shape index (κ2) is 18.4. The molecule has 1 N–H and O–H groups in total. The molecule has 0 radical (unpaired) electrons. The standard InChI is InChI=1S/C29H64O5Si3/c1-11-21-22-23-24-25-26-27(32-35(12-2,13-3)14-4)29(28(30)31,33-36(15-5,16-6)17-7)34-37(18-8,19-9)20-10/h27H,11-26H2,1-10H3,(H,30,31). The monoisotopic (exact) mass is 576 g/mol. The molecule has 222 valence electrons. The van der Waals surface area contributed by atoms with E-state index in [0.717, 1.165) is 67.2 Å². The molecule has 0 aliphatic carbocycles. The Hall–Kier alpha value is 0.000649. The van der Waals surface area contributed by atoms with Crippen LogP contribution in [0.25, 0.3) is 0 Å². The molecule has 0 saturated heterocycles. The van der Waals surface area contributed by atoms with Gasteiger partial charge in [-0.1, -0.05) is 108 Å². The Kier molecular flexibility index (Phi) is 18.4. The molecular weight excluding hydrogens is 513 g/mol. The van der Waals surface area contributed by atoms with Crippen LogP contribution < -0.4 is 0 Å². The Morgan fingerprint density at radius 1 is 0.595 bits per heavy atom. The smallest absolute Gasteiger partial charge is 0.365 e. The van der Waals surface area contributed by atoms with Crippen LogP contribution in [0.4, 0.5) is 0 Å². The summed E-state index contributed by atoms with van der Waals surface area (Å²) in [5, 5.41) is 11.1. The van der Waals surface area contributed by atoms with Crippen LogP contribution in [0.3, 0.4) is 0 Å². The molecule has 0 aromatic rings. The van der Waals surface area contributed by atoms with Gasteiger partial charge in [0.1, 0.15) is 6.10 Å². The van der Waals surface area contributed by atoms with Crippen molar-refractivity contribution in [2.45, 2.75) is 180 Å². The zero-order valence-corrected chi connectivity index (χ0v) is 29.5. The first-order valence-corrected chi connectivity index (χ1v) is 23.5. The molecule has 8 heteroatoms. The van der Waals surface area contributed by atoms with E-state index in [-0.39, 0.29) is 0 Å². The van der Waals surface area contributed by atoms with Crippen molar-refractivity contribution < 1.29 is 23.2 Å². The normalized spacial score (nSPS) is 14.2. The van der Waals surface area contributed by atoms with Crippen molar-refractivity contribution in [3.05, 3.63) is 0 Å². The van der Waals surface area contributed by atoms with E-state index in [2.05, 4.69) is 69.2 Å². The molecule has 0 bridgehead atoms. The van der Waals surface area contributed by atoms with Crippen LogP contribution in [0, 0.1) is 0 Å². The maximum atomic E-state index is 13.6. The minimum atomic E-state index is -2.34. The average molecular weight is 577 g/mol. The Bertz CT molecular complexity index is 558. The van der Waals surface area contributed by atoms with Gasteiger partial charge in [-0.2, -0.15) is 0 Å².